The summed E-state index contributed by atoms with van der Waals surface area (Å²) >= 11 is 0. The minimum absolute atomic E-state index is 0.317. The summed E-state index contributed by atoms with van der Waals surface area (Å²) in [7, 11) is 0. The van der Waals surface area contributed by atoms with E-state index >= 15 is 0 Å². The monoisotopic (exact) mass is 296 g/mol. The number of aliphatic hydroxyl groups is 2. The topological polar surface area (TPSA) is 53.6 Å². The van der Waals surface area contributed by atoms with Crippen LogP contribution in [0, 0.1) is 0 Å². The van der Waals surface area contributed by atoms with Gasteiger partial charge in [0.25, 0.3) is 0 Å². The number of hydrogen-bond donors (Lipinski definition) is 2. The maximum Gasteiger partial charge on any atom is 0.161 e. The zero-order chi connectivity index (χ0) is 15.1. The molecule has 1 aromatic carbocycles. The van der Waals surface area contributed by atoms with Crippen LogP contribution in [0.25, 0.3) is 17.2 Å². The van der Waals surface area contributed by atoms with E-state index in [4.69, 9.17) is 4.42 Å². The van der Waals surface area contributed by atoms with Crippen molar-refractivity contribution in [3.05, 3.63) is 53.5 Å². The second-order valence-electron chi connectivity index (χ2n) is 6.36. The zero-order valence-corrected chi connectivity index (χ0v) is 12.4. The Morgan fingerprint density at radius 3 is 2.64 bits per heavy atom. The molecule has 3 nitrogen and oxygen atoms in total. The van der Waals surface area contributed by atoms with Gasteiger partial charge in [-0.3, -0.25) is 0 Å². The summed E-state index contributed by atoms with van der Waals surface area (Å²) in [5.74, 6) is 1.37. The Balaban J connectivity index is 1.63. The fourth-order valence-corrected chi connectivity index (χ4v) is 3.70. The van der Waals surface area contributed by atoms with Gasteiger partial charge in [-0.2, -0.15) is 0 Å². The van der Waals surface area contributed by atoms with E-state index in [1.165, 1.54) is 25.7 Å². The molecule has 0 aliphatic heterocycles. The van der Waals surface area contributed by atoms with E-state index in [0.717, 1.165) is 28.0 Å². The molecule has 1 heterocycles. The molecule has 4 rings (SSSR count). The van der Waals surface area contributed by atoms with Gasteiger partial charge in [-0.15, -0.1) is 0 Å². The van der Waals surface area contributed by atoms with Gasteiger partial charge in [0.15, 0.2) is 6.29 Å². The molecule has 0 amide bonds. The fourth-order valence-electron chi connectivity index (χ4n) is 3.70. The Morgan fingerprint density at radius 1 is 1.05 bits per heavy atom. The number of fused-ring (bicyclic) bond motifs is 1. The predicted octanol–water partition coefficient (Wildman–Crippen LogP) is 4.03. The second-order valence-corrected chi connectivity index (χ2v) is 6.36. The number of aliphatic hydroxyl groups excluding tert-OH is 1. The molecule has 2 aliphatic carbocycles. The summed E-state index contributed by atoms with van der Waals surface area (Å²) in [6, 6.07) is 8.27. The van der Waals surface area contributed by atoms with E-state index in [-0.39, 0.29) is 5.92 Å². The van der Waals surface area contributed by atoms with Crippen LogP contribution in [0.4, 0.5) is 0 Å². The molecule has 1 atom stereocenters. The van der Waals surface area contributed by atoms with Crippen LogP contribution in [0.5, 0.6) is 0 Å². The van der Waals surface area contributed by atoms with Gasteiger partial charge >= 0.3 is 0 Å². The van der Waals surface area contributed by atoms with Crippen molar-refractivity contribution >= 4 is 6.08 Å². The summed E-state index contributed by atoms with van der Waals surface area (Å²) in [6.45, 7) is 0. The smallest absolute Gasteiger partial charge is 0.161 e. The van der Waals surface area contributed by atoms with Crippen molar-refractivity contribution in [1.29, 1.82) is 0 Å². The molecule has 114 valence electrons. The van der Waals surface area contributed by atoms with Gasteiger partial charge in [0.2, 0.25) is 0 Å². The molecule has 2 N–H and O–H groups in total. The molecular formula is C19H20O3. The van der Waals surface area contributed by atoms with E-state index in [1.807, 2.05) is 30.5 Å². The van der Waals surface area contributed by atoms with Gasteiger partial charge in [0.05, 0.1) is 12.2 Å². The number of furan rings is 1. The highest BCUT2D eigenvalue weighted by Gasteiger charge is 2.24. The van der Waals surface area contributed by atoms with Gasteiger partial charge in [-0.05, 0) is 41.7 Å². The number of benzene rings is 1. The number of hydrogen-bond acceptors (Lipinski definition) is 3. The molecule has 2 aromatic rings. The van der Waals surface area contributed by atoms with Crippen molar-refractivity contribution in [1.82, 2.24) is 0 Å². The van der Waals surface area contributed by atoms with Crippen LogP contribution < -0.4 is 0 Å². The van der Waals surface area contributed by atoms with Crippen LogP contribution in [-0.2, 0) is 0 Å². The largest absolute Gasteiger partial charge is 0.468 e. The molecule has 0 saturated heterocycles. The summed E-state index contributed by atoms with van der Waals surface area (Å²) in [6.07, 6.45) is 9.37. The Hall–Kier alpha value is -1.84. The minimum Gasteiger partial charge on any atom is -0.468 e. The van der Waals surface area contributed by atoms with Gasteiger partial charge in [0.1, 0.15) is 5.76 Å². The highest BCUT2D eigenvalue weighted by atomic mass is 16.5. The zero-order valence-electron chi connectivity index (χ0n) is 12.4. The van der Waals surface area contributed by atoms with E-state index in [2.05, 4.69) is 12.1 Å². The van der Waals surface area contributed by atoms with Crippen LogP contribution in [-0.4, -0.2) is 16.5 Å². The van der Waals surface area contributed by atoms with Crippen molar-refractivity contribution in [2.24, 2.45) is 0 Å². The molecule has 0 bridgehead atoms. The summed E-state index contributed by atoms with van der Waals surface area (Å²) < 4.78 is 5.78. The third kappa shape index (κ3) is 2.31. The number of rotatable bonds is 3. The van der Waals surface area contributed by atoms with Crippen LogP contribution in [0.3, 0.4) is 0 Å². The van der Waals surface area contributed by atoms with E-state index in [9.17, 15) is 10.2 Å². The van der Waals surface area contributed by atoms with Crippen molar-refractivity contribution in [2.45, 2.75) is 43.8 Å². The van der Waals surface area contributed by atoms with Crippen LogP contribution in [0.15, 0.2) is 41.0 Å². The van der Waals surface area contributed by atoms with Crippen molar-refractivity contribution in [2.75, 3.05) is 0 Å². The lowest BCUT2D eigenvalue weighted by Crippen LogP contribution is -2.14. The van der Waals surface area contributed by atoms with Crippen molar-refractivity contribution in [3.63, 3.8) is 0 Å². The molecule has 1 fully saturated rings. The highest BCUT2D eigenvalue weighted by molar-refractivity contribution is 5.72. The van der Waals surface area contributed by atoms with Crippen molar-refractivity contribution < 1.29 is 14.6 Å². The van der Waals surface area contributed by atoms with Gasteiger partial charge in [0, 0.05) is 11.5 Å². The quantitative estimate of drug-likeness (QED) is 0.841. The molecule has 0 radical (unpaired) electrons. The molecule has 1 aromatic heterocycles. The minimum atomic E-state index is -1.34. The summed E-state index contributed by atoms with van der Waals surface area (Å²) in [5.41, 5.74) is 4.24. The Kier molecular flexibility index (Phi) is 3.40. The first-order chi connectivity index (χ1) is 10.7. The SMILES string of the molecule is OC(O)C1C=Cc2cc(-c3coc(C4CCCC4)c3)ccc21. The van der Waals surface area contributed by atoms with E-state index in [1.54, 1.807) is 0 Å². The van der Waals surface area contributed by atoms with Gasteiger partial charge in [-0.1, -0.05) is 37.1 Å². The Labute approximate surface area is 129 Å². The first kappa shape index (κ1) is 13.8. The van der Waals surface area contributed by atoms with Crippen LogP contribution in [0.2, 0.25) is 0 Å². The predicted molar refractivity (Wildman–Crippen MR) is 85.4 cm³/mol. The lowest BCUT2D eigenvalue weighted by molar-refractivity contribution is -0.0490. The lowest BCUT2D eigenvalue weighted by Gasteiger charge is -2.13. The first-order valence-electron chi connectivity index (χ1n) is 7.99. The Morgan fingerprint density at radius 2 is 1.86 bits per heavy atom. The molecule has 22 heavy (non-hydrogen) atoms. The maximum atomic E-state index is 9.40. The average Bonchev–Trinajstić information content (AvgIpc) is 3.25. The van der Waals surface area contributed by atoms with Crippen molar-refractivity contribution in [3.8, 4) is 11.1 Å². The standard InChI is InChI=1S/C19H20O3/c20-19(21)17-8-6-14-9-13(5-7-16(14)17)15-10-18(22-11-15)12-3-1-2-4-12/h5-12,17,19-21H,1-4H2. The molecule has 1 saturated carbocycles. The second kappa shape index (κ2) is 5.41. The Bertz CT molecular complexity index is 705. The normalized spacial score (nSPS) is 21.0. The third-order valence-corrected chi connectivity index (χ3v) is 4.96. The summed E-state index contributed by atoms with van der Waals surface area (Å²) in [5, 5.41) is 18.8. The summed E-state index contributed by atoms with van der Waals surface area (Å²) in [4.78, 5) is 0. The highest BCUT2D eigenvalue weighted by Crippen LogP contribution is 2.38. The van der Waals surface area contributed by atoms with E-state index in [0.29, 0.717) is 5.92 Å². The third-order valence-electron chi connectivity index (χ3n) is 4.96. The average molecular weight is 296 g/mol. The van der Waals surface area contributed by atoms with Crippen LogP contribution >= 0.6 is 0 Å². The van der Waals surface area contributed by atoms with Gasteiger partial charge < -0.3 is 14.6 Å². The molecule has 2 aliphatic rings. The van der Waals surface area contributed by atoms with Gasteiger partial charge in [-0.25, -0.2) is 0 Å². The van der Waals surface area contributed by atoms with E-state index < -0.39 is 6.29 Å². The lowest BCUT2D eigenvalue weighted by atomic mass is 9.96. The molecule has 0 spiro atoms. The molecule has 3 heteroatoms. The molecular weight excluding hydrogens is 276 g/mol. The van der Waals surface area contributed by atoms with Crippen LogP contribution in [0.1, 0.15) is 54.4 Å². The fraction of sp³-hybridized carbons (Fsp3) is 0.368. The molecule has 1 unspecified atom stereocenters. The first-order valence-corrected chi connectivity index (χ1v) is 7.99. The maximum absolute atomic E-state index is 9.40.